The summed E-state index contributed by atoms with van der Waals surface area (Å²) in [5, 5.41) is 0. The fourth-order valence-corrected chi connectivity index (χ4v) is 2.83. The maximum Gasteiger partial charge on any atom is 0.363 e. The summed E-state index contributed by atoms with van der Waals surface area (Å²) in [7, 11) is 0. The number of benzene rings is 3. The molecule has 1 aliphatic rings. The molecule has 0 spiro atoms. The maximum atomic E-state index is 13.9. The SMILES string of the molecule is Cc1ccc(COc2ccc(C=C3N=C(c4ccccc4F)OC3=O)cc2)cc1. The minimum absolute atomic E-state index is 0.0302. The van der Waals surface area contributed by atoms with Crippen LogP contribution < -0.4 is 4.74 Å². The van der Waals surface area contributed by atoms with Crippen LogP contribution in [-0.2, 0) is 16.1 Å². The smallest absolute Gasteiger partial charge is 0.363 e. The third-order valence-corrected chi connectivity index (χ3v) is 4.43. The van der Waals surface area contributed by atoms with Gasteiger partial charge in [0.2, 0.25) is 5.90 Å². The molecule has 0 bridgehead atoms. The predicted octanol–water partition coefficient (Wildman–Crippen LogP) is 5.06. The lowest BCUT2D eigenvalue weighted by atomic mass is 10.1. The first-order chi connectivity index (χ1) is 14.1. The van der Waals surface area contributed by atoms with Crippen molar-refractivity contribution >= 4 is 17.9 Å². The van der Waals surface area contributed by atoms with Gasteiger partial charge in [0.05, 0.1) is 5.56 Å². The van der Waals surface area contributed by atoms with Crippen LogP contribution in [0.3, 0.4) is 0 Å². The van der Waals surface area contributed by atoms with E-state index in [0.717, 1.165) is 16.9 Å². The minimum Gasteiger partial charge on any atom is -0.489 e. The fraction of sp³-hybridized carbons (Fsp3) is 0.0833. The van der Waals surface area contributed by atoms with Crippen molar-refractivity contribution in [2.24, 2.45) is 4.99 Å². The molecule has 4 rings (SSSR count). The summed E-state index contributed by atoms with van der Waals surface area (Å²) in [6, 6.07) is 21.5. The van der Waals surface area contributed by atoms with Gasteiger partial charge in [-0.25, -0.2) is 14.2 Å². The zero-order valence-corrected chi connectivity index (χ0v) is 15.8. The molecule has 1 aliphatic heterocycles. The molecule has 0 aliphatic carbocycles. The number of carbonyl (C=O) groups excluding carboxylic acids is 1. The number of rotatable bonds is 5. The summed E-state index contributed by atoms with van der Waals surface area (Å²) in [6.07, 6.45) is 1.60. The summed E-state index contributed by atoms with van der Waals surface area (Å²) in [4.78, 5) is 16.2. The quantitative estimate of drug-likeness (QED) is 0.454. The Labute approximate surface area is 167 Å². The van der Waals surface area contributed by atoms with Crippen LogP contribution in [0, 0.1) is 12.7 Å². The fourth-order valence-electron chi connectivity index (χ4n) is 2.83. The van der Waals surface area contributed by atoms with Crippen LogP contribution in [-0.4, -0.2) is 11.9 Å². The van der Waals surface area contributed by atoms with Crippen LogP contribution >= 0.6 is 0 Å². The number of hydrogen-bond donors (Lipinski definition) is 0. The second kappa shape index (κ2) is 8.10. The lowest BCUT2D eigenvalue weighted by Crippen LogP contribution is -2.07. The van der Waals surface area contributed by atoms with Crippen molar-refractivity contribution in [3.63, 3.8) is 0 Å². The van der Waals surface area contributed by atoms with Gasteiger partial charge in [-0.2, -0.15) is 0 Å². The lowest BCUT2D eigenvalue weighted by Gasteiger charge is -2.07. The van der Waals surface area contributed by atoms with E-state index in [-0.39, 0.29) is 17.2 Å². The van der Waals surface area contributed by atoms with E-state index >= 15 is 0 Å². The molecule has 144 valence electrons. The summed E-state index contributed by atoms with van der Waals surface area (Å²) < 4.78 is 24.8. The van der Waals surface area contributed by atoms with E-state index in [9.17, 15) is 9.18 Å². The molecule has 0 amide bonds. The van der Waals surface area contributed by atoms with Gasteiger partial charge in [0.15, 0.2) is 5.70 Å². The number of halogens is 1. The summed E-state index contributed by atoms with van der Waals surface area (Å²) >= 11 is 0. The first-order valence-electron chi connectivity index (χ1n) is 9.14. The lowest BCUT2D eigenvalue weighted by molar-refractivity contribution is -0.129. The largest absolute Gasteiger partial charge is 0.489 e. The average molecular weight is 387 g/mol. The topological polar surface area (TPSA) is 47.9 Å². The number of carbonyl (C=O) groups is 1. The molecule has 29 heavy (non-hydrogen) atoms. The molecular weight excluding hydrogens is 369 g/mol. The van der Waals surface area contributed by atoms with Crippen molar-refractivity contribution in [2.75, 3.05) is 0 Å². The Balaban J connectivity index is 1.46. The Kier molecular flexibility index (Phi) is 5.20. The highest BCUT2D eigenvalue weighted by Gasteiger charge is 2.25. The van der Waals surface area contributed by atoms with Crippen molar-refractivity contribution in [3.05, 3.63) is 107 Å². The van der Waals surface area contributed by atoms with Gasteiger partial charge in [-0.05, 0) is 48.4 Å². The molecule has 0 unspecified atom stereocenters. The molecule has 0 fully saturated rings. The van der Waals surface area contributed by atoms with E-state index < -0.39 is 11.8 Å². The average Bonchev–Trinajstić information content (AvgIpc) is 3.09. The first-order valence-corrected chi connectivity index (χ1v) is 9.14. The molecule has 4 nitrogen and oxygen atoms in total. The van der Waals surface area contributed by atoms with Crippen molar-refractivity contribution in [2.45, 2.75) is 13.5 Å². The van der Waals surface area contributed by atoms with Gasteiger partial charge in [-0.3, -0.25) is 0 Å². The molecule has 0 saturated heterocycles. The Morgan fingerprint density at radius 2 is 1.72 bits per heavy atom. The van der Waals surface area contributed by atoms with Gasteiger partial charge in [0, 0.05) is 0 Å². The van der Waals surface area contributed by atoms with Crippen LogP contribution in [0.1, 0.15) is 22.3 Å². The molecule has 5 heteroatoms. The minimum atomic E-state index is -0.608. The van der Waals surface area contributed by atoms with E-state index in [1.165, 1.54) is 17.7 Å². The Morgan fingerprint density at radius 3 is 2.45 bits per heavy atom. The van der Waals surface area contributed by atoms with E-state index in [1.54, 1.807) is 18.2 Å². The number of cyclic esters (lactones) is 1. The highest BCUT2D eigenvalue weighted by atomic mass is 19.1. The molecule has 0 aromatic heterocycles. The highest BCUT2D eigenvalue weighted by molar-refractivity contribution is 6.12. The van der Waals surface area contributed by atoms with Gasteiger partial charge < -0.3 is 9.47 Å². The molecule has 0 saturated carbocycles. The molecule has 0 atom stereocenters. The van der Waals surface area contributed by atoms with E-state index in [2.05, 4.69) is 4.99 Å². The second-order valence-electron chi connectivity index (χ2n) is 6.66. The Hall–Kier alpha value is -3.73. The number of esters is 1. The molecule has 1 heterocycles. The molecule has 0 N–H and O–H groups in total. The van der Waals surface area contributed by atoms with Gasteiger partial charge in [-0.1, -0.05) is 54.1 Å². The monoisotopic (exact) mass is 387 g/mol. The van der Waals surface area contributed by atoms with Crippen LogP contribution in [0.4, 0.5) is 4.39 Å². The van der Waals surface area contributed by atoms with Crippen molar-refractivity contribution < 1.29 is 18.7 Å². The van der Waals surface area contributed by atoms with Crippen molar-refractivity contribution in [3.8, 4) is 5.75 Å². The maximum absolute atomic E-state index is 13.9. The van der Waals surface area contributed by atoms with Gasteiger partial charge >= 0.3 is 5.97 Å². The number of aryl methyl sites for hydroxylation is 1. The second-order valence-corrected chi connectivity index (χ2v) is 6.66. The first kappa shape index (κ1) is 18.6. The number of ether oxygens (including phenoxy) is 2. The third kappa shape index (κ3) is 4.41. The van der Waals surface area contributed by atoms with Crippen LogP contribution in [0.5, 0.6) is 5.75 Å². The Morgan fingerprint density at radius 1 is 1.00 bits per heavy atom. The van der Waals surface area contributed by atoms with Crippen LogP contribution in [0.2, 0.25) is 0 Å². The number of aliphatic imine (C=N–C) groups is 1. The Bertz CT molecular complexity index is 1100. The van der Waals surface area contributed by atoms with Crippen molar-refractivity contribution in [1.29, 1.82) is 0 Å². The molecule has 3 aromatic carbocycles. The molecular formula is C24H18FNO3. The summed E-state index contributed by atoms with van der Waals surface area (Å²) in [6.45, 7) is 2.52. The van der Waals surface area contributed by atoms with E-state index in [4.69, 9.17) is 9.47 Å². The molecule has 0 radical (unpaired) electrons. The number of hydrogen-bond acceptors (Lipinski definition) is 4. The summed E-state index contributed by atoms with van der Waals surface area (Å²) in [5.74, 6) is -0.409. The normalized spacial score (nSPS) is 14.6. The number of nitrogens with zero attached hydrogens (tertiary/aromatic N) is 1. The predicted molar refractivity (Wildman–Crippen MR) is 109 cm³/mol. The third-order valence-electron chi connectivity index (χ3n) is 4.43. The highest BCUT2D eigenvalue weighted by Crippen LogP contribution is 2.22. The van der Waals surface area contributed by atoms with E-state index in [0.29, 0.717) is 6.61 Å². The summed E-state index contributed by atoms with van der Waals surface area (Å²) in [5.41, 5.74) is 3.33. The zero-order valence-electron chi connectivity index (χ0n) is 15.8. The van der Waals surface area contributed by atoms with Crippen molar-refractivity contribution in [1.82, 2.24) is 0 Å². The van der Waals surface area contributed by atoms with Gasteiger partial charge in [-0.15, -0.1) is 0 Å². The van der Waals surface area contributed by atoms with Crippen LogP contribution in [0.15, 0.2) is 83.5 Å². The zero-order chi connectivity index (χ0) is 20.2. The van der Waals surface area contributed by atoms with Gasteiger partial charge in [0.1, 0.15) is 18.2 Å². The van der Waals surface area contributed by atoms with Crippen LogP contribution in [0.25, 0.3) is 6.08 Å². The van der Waals surface area contributed by atoms with E-state index in [1.807, 2.05) is 55.5 Å². The van der Waals surface area contributed by atoms with Gasteiger partial charge in [0.25, 0.3) is 0 Å². The molecule has 3 aromatic rings. The standard InChI is InChI=1S/C24H18FNO3/c1-16-6-8-18(9-7-16)15-28-19-12-10-17(11-13-19)14-22-24(27)29-23(26-22)20-4-2-3-5-21(20)25/h2-14H,15H2,1H3.